The first-order chi connectivity index (χ1) is 13.0. The van der Waals surface area contributed by atoms with E-state index in [9.17, 15) is 14.4 Å². The van der Waals surface area contributed by atoms with Crippen molar-refractivity contribution in [2.24, 2.45) is 11.7 Å². The number of nitrogens with zero attached hydrogens (tertiary/aromatic N) is 2. The second kappa shape index (κ2) is 8.39. The van der Waals surface area contributed by atoms with E-state index in [1.54, 1.807) is 24.0 Å². The number of hydrogen-bond donors (Lipinski definition) is 2. The Bertz CT molecular complexity index is 723. The van der Waals surface area contributed by atoms with Crippen LogP contribution in [0.1, 0.15) is 19.8 Å². The Hall–Kier alpha value is -2.61. The summed E-state index contributed by atoms with van der Waals surface area (Å²) in [7, 11) is 0. The summed E-state index contributed by atoms with van der Waals surface area (Å²) in [6.07, 6.45) is 0.872. The van der Waals surface area contributed by atoms with Crippen LogP contribution >= 0.6 is 0 Å². The van der Waals surface area contributed by atoms with Gasteiger partial charge in [-0.1, -0.05) is 12.1 Å². The van der Waals surface area contributed by atoms with Crippen LogP contribution in [-0.2, 0) is 14.4 Å². The molecule has 0 aliphatic carbocycles. The first-order valence-corrected chi connectivity index (χ1v) is 9.34. The number of hydrogen-bond acceptors (Lipinski definition) is 5. The number of ether oxygens (including phenoxy) is 1. The van der Waals surface area contributed by atoms with Crippen LogP contribution in [-0.4, -0.2) is 61.4 Å². The van der Waals surface area contributed by atoms with Crippen molar-refractivity contribution in [3.05, 3.63) is 24.3 Å². The van der Waals surface area contributed by atoms with Crippen LogP contribution in [0.3, 0.4) is 0 Å². The lowest BCUT2D eigenvalue weighted by molar-refractivity contribution is -0.136. The van der Waals surface area contributed by atoms with Gasteiger partial charge in [-0.25, -0.2) is 0 Å². The van der Waals surface area contributed by atoms with Crippen LogP contribution in [0, 0.1) is 5.92 Å². The molecule has 2 unspecified atom stereocenters. The monoisotopic (exact) mass is 374 g/mol. The molecule has 2 atom stereocenters. The molecule has 8 heteroatoms. The van der Waals surface area contributed by atoms with E-state index in [1.807, 2.05) is 12.1 Å². The van der Waals surface area contributed by atoms with Crippen molar-refractivity contribution >= 4 is 23.4 Å². The molecule has 1 saturated heterocycles. The van der Waals surface area contributed by atoms with Gasteiger partial charge in [-0.2, -0.15) is 0 Å². The largest absolute Gasteiger partial charge is 0.479 e. The minimum Gasteiger partial charge on any atom is -0.479 e. The number of benzene rings is 1. The highest BCUT2D eigenvalue weighted by Gasteiger charge is 2.35. The van der Waals surface area contributed by atoms with Gasteiger partial charge in [0.05, 0.1) is 11.6 Å². The molecule has 0 spiro atoms. The Balaban J connectivity index is 1.68. The topological polar surface area (TPSA) is 105 Å². The molecule has 3 N–H and O–H groups in total. The number of piperidine rings is 1. The molecule has 3 rings (SSSR count). The van der Waals surface area contributed by atoms with Gasteiger partial charge in [0, 0.05) is 26.2 Å². The highest BCUT2D eigenvalue weighted by atomic mass is 16.5. The number of carbonyl (C=O) groups is 3. The number of nitrogens with two attached hydrogens (primary N) is 1. The van der Waals surface area contributed by atoms with Gasteiger partial charge in [-0.15, -0.1) is 0 Å². The molecule has 1 aromatic carbocycles. The van der Waals surface area contributed by atoms with Crippen molar-refractivity contribution in [3.63, 3.8) is 0 Å². The first kappa shape index (κ1) is 19.2. The average molecular weight is 374 g/mol. The SMILES string of the molecule is CC1Oc2ccccc2N(CC(=O)N2CCCC(C(=O)NCCN)C2)C1=O. The molecule has 3 amide bonds. The van der Waals surface area contributed by atoms with Crippen molar-refractivity contribution in [1.29, 1.82) is 0 Å². The van der Waals surface area contributed by atoms with Crippen molar-refractivity contribution in [3.8, 4) is 5.75 Å². The zero-order valence-corrected chi connectivity index (χ0v) is 15.5. The van der Waals surface area contributed by atoms with E-state index in [0.29, 0.717) is 37.6 Å². The van der Waals surface area contributed by atoms with Gasteiger partial charge in [-0.3, -0.25) is 19.3 Å². The normalized spacial score (nSPS) is 22.1. The summed E-state index contributed by atoms with van der Waals surface area (Å²) >= 11 is 0. The molecule has 27 heavy (non-hydrogen) atoms. The molecule has 1 aromatic rings. The van der Waals surface area contributed by atoms with Gasteiger partial charge in [0.2, 0.25) is 11.8 Å². The Morgan fingerprint density at radius 2 is 2.11 bits per heavy atom. The molecule has 2 aliphatic rings. The molecule has 0 aromatic heterocycles. The van der Waals surface area contributed by atoms with Gasteiger partial charge in [0.15, 0.2) is 6.10 Å². The van der Waals surface area contributed by atoms with Gasteiger partial charge in [0.1, 0.15) is 12.3 Å². The molecular weight excluding hydrogens is 348 g/mol. The molecule has 2 aliphatic heterocycles. The number of para-hydroxylation sites is 2. The number of carbonyl (C=O) groups excluding carboxylic acids is 3. The van der Waals surface area contributed by atoms with E-state index in [2.05, 4.69) is 5.32 Å². The fourth-order valence-corrected chi connectivity index (χ4v) is 3.51. The molecular formula is C19H26N4O4. The van der Waals surface area contributed by atoms with Crippen molar-refractivity contribution < 1.29 is 19.1 Å². The number of anilines is 1. The number of amides is 3. The van der Waals surface area contributed by atoms with Crippen LogP contribution < -0.4 is 20.7 Å². The minimum atomic E-state index is -0.635. The van der Waals surface area contributed by atoms with Gasteiger partial charge >= 0.3 is 0 Å². The Labute approximate surface area is 158 Å². The molecule has 8 nitrogen and oxygen atoms in total. The van der Waals surface area contributed by atoms with Crippen LogP contribution in [0.15, 0.2) is 24.3 Å². The lowest BCUT2D eigenvalue weighted by Crippen LogP contribution is -2.52. The predicted molar refractivity (Wildman–Crippen MR) is 100 cm³/mol. The van der Waals surface area contributed by atoms with Gasteiger partial charge in [0.25, 0.3) is 5.91 Å². The van der Waals surface area contributed by atoms with Crippen LogP contribution in [0.4, 0.5) is 5.69 Å². The summed E-state index contributed by atoms with van der Waals surface area (Å²) in [6, 6.07) is 7.19. The summed E-state index contributed by atoms with van der Waals surface area (Å²) in [4.78, 5) is 40.7. The molecule has 146 valence electrons. The number of rotatable bonds is 5. The third kappa shape index (κ3) is 4.21. The van der Waals surface area contributed by atoms with E-state index in [4.69, 9.17) is 10.5 Å². The van der Waals surface area contributed by atoms with Crippen molar-refractivity contribution in [1.82, 2.24) is 10.2 Å². The highest BCUT2D eigenvalue weighted by molar-refractivity contribution is 6.03. The summed E-state index contributed by atoms with van der Waals surface area (Å²) < 4.78 is 5.61. The van der Waals surface area contributed by atoms with Crippen LogP contribution in [0.2, 0.25) is 0 Å². The number of likely N-dealkylation sites (tertiary alicyclic amines) is 1. The maximum absolute atomic E-state index is 12.9. The van der Waals surface area contributed by atoms with Crippen molar-refractivity contribution in [2.45, 2.75) is 25.9 Å². The van der Waals surface area contributed by atoms with Crippen LogP contribution in [0.5, 0.6) is 5.75 Å². The zero-order chi connectivity index (χ0) is 19.4. The van der Waals surface area contributed by atoms with E-state index < -0.39 is 6.10 Å². The second-order valence-electron chi connectivity index (χ2n) is 6.91. The van der Waals surface area contributed by atoms with Crippen LogP contribution in [0.25, 0.3) is 0 Å². The second-order valence-corrected chi connectivity index (χ2v) is 6.91. The lowest BCUT2D eigenvalue weighted by Gasteiger charge is -2.36. The number of fused-ring (bicyclic) bond motifs is 1. The summed E-state index contributed by atoms with van der Waals surface area (Å²) in [5.74, 6) is -0.116. The Morgan fingerprint density at radius 1 is 1.33 bits per heavy atom. The van der Waals surface area contributed by atoms with Gasteiger partial charge in [-0.05, 0) is 31.9 Å². The predicted octanol–water partition coefficient (Wildman–Crippen LogP) is 0.114. The molecule has 0 bridgehead atoms. The standard InChI is InChI=1S/C19H26N4O4/c1-13-19(26)23(15-6-2-3-7-16(15)27-13)12-17(24)22-10-4-5-14(11-22)18(25)21-9-8-20/h2-3,6-7,13-14H,4-5,8-12,20H2,1H3,(H,21,25). The fraction of sp³-hybridized carbons (Fsp3) is 0.526. The third-order valence-corrected chi connectivity index (χ3v) is 4.96. The first-order valence-electron chi connectivity index (χ1n) is 9.34. The summed E-state index contributed by atoms with van der Waals surface area (Å²) in [6.45, 7) is 3.40. The van der Waals surface area contributed by atoms with E-state index >= 15 is 0 Å². The third-order valence-electron chi connectivity index (χ3n) is 4.96. The molecule has 0 saturated carbocycles. The number of nitrogens with one attached hydrogen (secondary N) is 1. The maximum Gasteiger partial charge on any atom is 0.268 e. The minimum absolute atomic E-state index is 0.0549. The van der Waals surface area contributed by atoms with E-state index in [-0.39, 0.29) is 30.2 Å². The Kier molecular flexibility index (Phi) is 5.95. The highest BCUT2D eigenvalue weighted by Crippen LogP contribution is 2.33. The maximum atomic E-state index is 12.9. The lowest BCUT2D eigenvalue weighted by atomic mass is 9.97. The molecule has 1 fully saturated rings. The summed E-state index contributed by atoms with van der Waals surface area (Å²) in [5.41, 5.74) is 6.02. The quantitative estimate of drug-likeness (QED) is 0.761. The smallest absolute Gasteiger partial charge is 0.268 e. The Morgan fingerprint density at radius 3 is 2.89 bits per heavy atom. The average Bonchev–Trinajstić information content (AvgIpc) is 2.69. The van der Waals surface area contributed by atoms with Crippen molar-refractivity contribution in [2.75, 3.05) is 37.6 Å². The fourth-order valence-electron chi connectivity index (χ4n) is 3.51. The summed E-state index contributed by atoms with van der Waals surface area (Å²) in [5, 5.41) is 2.79. The van der Waals surface area contributed by atoms with E-state index in [1.165, 1.54) is 4.90 Å². The molecule has 0 radical (unpaired) electrons. The zero-order valence-electron chi connectivity index (χ0n) is 15.5. The van der Waals surface area contributed by atoms with Gasteiger partial charge < -0.3 is 20.7 Å². The van der Waals surface area contributed by atoms with E-state index in [0.717, 1.165) is 12.8 Å². The molecule has 2 heterocycles.